The molecule has 0 saturated carbocycles. The van der Waals surface area contributed by atoms with E-state index in [9.17, 15) is 4.79 Å². The van der Waals surface area contributed by atoms with E-state index >= 15 is 0 Å². The van der Waals surface area contributed by atoms with Crippen molar-refractivity contribution in [1.29, 1.82) is 0 Å². The number of carbonyl (C=O) groups excluding carboxylic acids is 1. The summed E-state index contributed by atoms with van der Waals surface area (Å²) in [6.45, 7) is 8.32. The number of carbonyl (C=O) groups is 1. The van der Waals surface area contributed by atoms with E-state index < -0.39 is 5.60 Å². The topological polar surface area (TPSA) is 55.6 Å². The molecule has 1 aromatic rings. The Kier molecular flexibility index (Phi) is 4.28. The molecule has 2 atom stereocenters. The fourth-order valence-electron chi connectivity index (χ4n) is 2.90. The van der Waals surface area contributed by atoms with Crippen LogP contribution in [0.4, 0.5) is 4.79 Å². The quantitative estimate of drug-likeness (QED) is 0.863. The average Bonchev–Trinajstić information content (AvgIpc) is 2.37. The van der Waals surface area contributed by atoms with Crippen molar-refractivity contribution in [3.63, 3.8) is 0 Å². The molecule has 1 amide bonds. The minimum atomic E-state index is -0.465. The van der Waals surface area contributed by atoms with Gasteiger partial charge in [0.2, 0.25) is 0 Å². The van der Waals surface area contributed by atoms with Gasteiger partial charge >= 0.3 is 6.09 Å². The van der Waals surface area contributed by atoms with Crippen LogP contribution in [0.25, 0.3) is 0 Å². The molecule has 2 unspecified atom stereocenters. The van der Waals surface area contributed by atoms with Crippen molar-refractivity contribution in [2.75, 3.05) is 6.54 Å². The Morgan fingerprint density at radius 3 is 2.48 bits per heavy atom. The van der Waals surface area contributed by atoms with Crippen molar-refractivity contribution in [3.8, 4) is 0 Å². The predicted molar refractivity (Wildman–Crippen MR) is 83.9 cm³/mol. The van der Waals surface area contributed by atoms with E-state index in [-0.39, 0.29) is 17.7 Å². The van der Waals surface area contributed by atoms with Crippen LogP contribution in [0, 0.1) is 0 Å². The molecule has 0 bridgehead atoms. The molecule has 0 spiro atoms. The zero-order chi connectivity index (χ0) is 15.7. The number of benzene rings is 1. The van der Waals surface area contributed by atoms with Gasteiger partial charge in [-0.15, -0.1) is 0 Å². The first kappa shape index (κ1) is 15.8. The number of rotatable bonds is 1. The lowest BCUT2D eigenvalue weighted by molar-refractivity contribution is 0.00444. The zero-order valence-electron chi connectivity index (χ0n) is 13.4. The molecule has 1 aliphatic rings. The molecule has 1 saturated heterocycles. The molecule has 2 rings (SSSR count). The lowest BCUT2D eigenvalue weighted by Gasteiger charge is -2.44. The molecule has 1 heterocycles. The van der Waals surface area contributed by atoms with E-state index in [1.807, 2.05) is 45.9 Å². The van der Waals surface area contributed by atoms with Crippen molar-refractivity contribution in [2.24, 2.45) is 5.73 Å². The van der Waals surface area contributed by atoms with Gasteiger partial charge in [-0.05, 0) is 46.1 Å². The summed E-state index contributed by atoms with van der Waals surface area (Å²) in [5.41, 5.74) is 6.89. The van der Waals surface area contributed by atoms with E-state index in [1.54, 1.807) is 4.90 Å². The second kappa shape index (κ2) is 5.68. The summed E-state index contributed by atoms with van der Waals surface area (Å²) < 4.78 is 5.47. The minimum absolute atomic E-state index is 0.0683. The van der Waals surface area contributed by atoms with Crippen LogP contribution in [0.1, 0.15) is 46.1 Å². The van der Waals surface area contributed by atoms with Gasteiger partial charge in [-0.3, -0.25) is 0 Å². The number of hydrogen-bond acceptors (Lipinski definition) is 3. The van der Waals surface area contributed by atoms with Crippen LogP contribution in [-0.2, 0) is 10.3 Å². The Bertz CT molecular complexity index is 495. The van der Waals surface area contributed by atoms with Gasteiger partial charge in [0.15, 0.2) is 0 Å². The highest BCUT2D eigenvalue weighted by atomic mass is 16.6. The van der Waals surface area contributed by atoms with E-state index in [0.717, 1.165) is 18.4 Å². The van der Waals surface area contributed by atoms with Crippen molar-refractivity contribution >= 4 is 6.09 Å². The third-order valence-electron chi connectivity index (χ3n) is 3.97. The average molecular weight is 290 g/mol. The third-order valence-corrected chi connectivity index (χ3v) is 3.97. The molecular weight excluding hydrogens is 264 g/mol. The number of ether oxygens (including phenoxy) is 1. The lowest BCUT2D eigenvalue weighted by Crippen LogP contribution is -2.54. The number of nitrogens with two attached hydrogens (primary N) is 1. The first-order chi connectivity index (χ1) is 9.71. The Labute approximate surface area is 127 Å². The van der Waals surface area contributed by atoms with Gasteiger partial charge in [0, 0.05) is 18.1 Å². The van der Waals surface area contributed by atoms with Gasteiger partial charge < -0.3 is 15.4 Å². The van der Waals surface area contributed by atoms with Crippen LogP contribution in [0.2, 0.25) is 0 Å². The summed E-state index contributed by atoms with van der Waals surface area (Å²) in [4.78, 5) is 14.0. The molecule has 1 aliphatic heterocycles. The molecule has 0 aliphatic carbocycles. The predicted octanol–water partition coefficient (Wildman–Crippen LogP) is 3.26. The Morgan fingerprint density at radius 2 is 1.95 bits per heavy atom. The van der Waals surface area contributed by atoms with Gasteiger partial charge in [-0.25, -0.2) is 4.79 Å². The van der Waals surface area contributed by atoms with Crippen molar-refractivity contribution < 1.29 is 9.53 Å². The maximum absolute atomic E-state index is 12.2. The van der Waals surface area contributed by atoms with Gasteiger partial charge in [-0.2, -0.15) is 0 Å². The maximum Gasteiger partial charge on any atom is 0.410 e. The molecule has 0 radical (unpaired) electrons. The molecule has 1 aromatic carbocycles. The fourth-order valence-corrected chi connectivity index (χ4v) is 2.90. The summed E-state index contributed by atoms with van der Waals surface area (Å²) in [6, 6.07) is 10.2. The summed E-state index contributed by atoms with van der Waals surface area (Å²) in [7, 11) is 0. The van der Waals surface area contributed by atoms with E-state index in [4.69, 9.17) is 10.5 Å². The molecule has 4 heteroatoms. The number of amides is 1. The summed E-state index contributed by atoms with van der Waals surface area (Å²) in [5.74, 6) is 0. The zero-order valence-corrected chi connectivity index (χ0v) is 13.4. The number of hydrogen-bond donors (Lipinski definition) is 1. The smallest absolute Gasteiger partial charge is 0.410 e. The number of likely N-dealkylation sites (tertiary alicyclic amines) is 1. The van der Waals surface area contributed by atoms with Crippen molar-refractivity contribution in [2.45, 2.75) is 57.7 Å². The van der Waals surface area contributed by atoms with Gasteiger partial charge in [0.1, 0.15) is 5.60 Å². The van der Waals surface area contributed by atoms with Gasteiger partial charge in [-0.1, -0.05) is 30.3 Å². The lowest BCUT2D eigenvalue weighted by atomic mass is 9.79. The molecule has 116 valence electrons. The molecule has 2 N–H and O–H groups in total. The van der Waals surface area contributed by atoms with Crippen LogP contribution < -0.4 is 5.73 Å². The Hall–Kier alpha value is -1.55. The van der Waals surface area contributed by atoms with Crippen LogP contribution in [0.15, 0.2) is 30.3 Å². The van der Waals surface area contributed by atoms with Crippen LogP contribution in [0.3, 0.4) is 0 Å². The highest BCUT2D eigenvalue weighted by Crippen LogP contribution is 2.34. The second-order valence-corrected chi connectivity index (χ2v) is 7.00. The SMILES string of the molecule is CC1CC(N)(c2ccccc2)CCN1C(=O)OC(C)(C)C. The summed E-state index contributed by atoms with van der Waals surface area (Å²) in [5, 5.41) is 0. The molecule has 4 nitrogen and oxygen atoms in total. The van der Waals surface area contributed by atoms with Crippen LogP contribution in [0.5, 0.6) is 0 Å². The highest BCUT2D eigenvalue weighted by Gasteiger charge is 2.39. The first-order valence-corrected chi connectivity index (χ1v) is 7.55. The summed E-state index contributed by atoms with van der Waals surface area (Å²) in [6.07, 6.45) is 1.25. The number of nitrogens with zero attached hydrogens (tertiary/aromatic N) is 1. The van der Waals surface area contributed by atoms with Crippen molar-refractivity contribution in [3.05, 3.63) is 35.9 Å². The van der Waals surface area contributed by atoms with Crippen LogP contribution >= 0.6 is 0 Å². The van der Waals surface area contributed by atoms with E-state index in [2.05, 4.69) is 12.1 Å². The Balaban J connectivity index is 2.07. The molecule has 1 fully saturated rings. The van der Waals surface area contributed by atoms with E-state index in [1.165, 1.54) is 0 Å². The highest BCUT2D eigenvalue weighted by molar-refractivity contribution is 5.68. The molecule has 0 aromatic heterocycles. The monoisotopic (exact) mass is 290 g/mol. The fraction of sp³-hybridized carbons (Fsp3) is 0.588. The normalized spacial score (nSPS) is 26.5. The van der Waals surface area contributed by atoms with Gasteiger partial charge in [0.05, 0.1) is 0 Å². The van der Waals surface area contributed by atoms with Gasteiger partial charge in [0.25, 0.3) is 0 Å². The first-order valence-electron chi connectivity index (χ1n) is 7.55. The Morgan fingerprint density at radius 1 is 1.33 bits per heavy atom. The molecule has 21 heavy (non-hydrogen) atoms. The maximum atomic E-state index is 12.2. The number of piperidine rings is 1. The largest absolute Gasteiger partial charge is 0.444 e. The van der Waals surface area contributed by atoms with Crippen molar-refractivity contribution in [1.82, 2.24) is 4.90 Å². The third kappa shape index (κ3) is 3.76. The minimum Gasteiger partial charge on any atom is -0.444 e. The standard InChI is InChI=1S/C17H26N2O2/c1-13-12-17(18,14-8-6-5-7-9-14)10-11-19(13)15(20)21-16(2,3)4/h5-9,13H,10-12,18H2,1-4H3. The van der Waals surface area contributed by atoms with E-state index in [0.29, 0.717) is 6.54 Å². The molecular formula is C17H26N2O2. The second-order valence-electron chi connectivity index (χ2n) is 7.00. The van der Waals surface area contributed by atoms with Crippen LogP contribution in [-0.4, -0.2) is 29.2 Å². The summed E-state index contributed by atoms with van der Waals surface area (Å²) >= 11 is 0.